The Labute approximate surface area is 191 Å². The molecule has 0 aromatic heterocycles. The van der Waals surface area contributed by atoms with E-state index in [2.05, 4.69) is 5.32 Å². The number of hydrogen-bond acceptors (Lipinski definition) is 7. The summed E-state index contributed by atoms with van der Waals surface area (Å²) in [6, 6.07) is 8.94. The van der Waals surface area contributed by atoms with Crippen molar-refractivity contribution < 1.29 is 32.2 Å². The molecule has 32 heavy (non-hydrogen) atoms. The molecule has 0 bridgehead atoms. The highest BCUT2D eigenvalue weighted by Gasteiger charge is 2.30. The van der Waals surface area contributed by atoms with E-state index in [0.29, 0.717) is 10.7 Å². The Balaban J connectivity index is 1.70. The fourth-order valence-corrected chi connectivity index (χ4v) is 4.78. The first-order valence-corrected chi connectivity index (χ1v) is 11.5. The second-order valence-electron chi connectivity index (χ2n) is 6.97. The number of nitrogens with zero attached hydrogens (tertiary/aromatic N) is 1. The van der Waals surface area contributed by atoms with Crippen LogP contribution in [0, 0.1) is 6.92 Å². The number of nitrogens with one attached hydrogen (secondary N) is 1. The van der Waals surface area contributed by atoms with Crippen molar-refractivity contribution in [3.63, 3.8) is 0 Å². The summed E-state index contributed by atoms with van der Waals surface area (Å²) < 4.78 is 42.7. The maximum Gasteiger partial charge on any atom is 0.338 e. The molecule has 0 saturated carbocycles. The van der Waals surface area contributed by atoms with Crippen LogP contribution < -0.4 is 10.1 Å². The summed E-state index contributed by atoms with van der Waals surface area (Å²) in [6.45, 7) is 2.24. The summed E-state index contributed by atoms with van der Waals surface area (Å²) in [5.74, 6) is -1.31. The van der Waals surface area contributed by atoms with Crippen molar-refractivity contribution in [3.05, 3.63) is 52.5 Å². The predicted octanol–water partition coefficient (Wildman–Crippen LogP) is 2.47. The molecule has 1 saturated heterocycles. The van der Waals surface area contributed by atoms with Gasteiger partial charge >= 0.3 is 5.97 Å². The average Bonchev–Trinajstić information content (AvgIpc) is 2.80. The van der Waals surface area contributed by atoms with Gasteiger partial charge in [0.25, 0.3) is 5.91 Å². The molecule has 0 unspecified atom stereocenters. The van der Waals surface area contributed by atoms with E-state index in [4.69, 9.17) is 25.8 Å². The first kappa shape index (κ1) is 24.0. The quantitative estimate of drug-likeness (QED) is 0.603. The summed E-state index contributed by atoms with van der Waals surface area (Å²) in [7, 11) is -2.57. The second-order valence-corrected chi connectivity index (χ2v) is 9.28. The third-order valence-electron chi connectivity index (χ3n) is 4.78. The number of rotatable bonds is 7. The van der Waals surface area contributed by atoms with Crippen LogP contribution in [0.15, 0.2) is 41.3 Å². The van der Waals surface area contributed by atoms with Gasteiger partial charge in [-0.3, -0.25) is 4.79 Å². The first-order valence-electron chi connectivity index (χ1n) is 9.71. The van der Waals surface area contributed by atoms with Crippen LogP contribution in [0.25, 0.3) is 0 Å². The van der Waals surface area contributed by atoms with Gasteiger partial charge in [-0.1, -0.05) is 17.7 Å². The van der Waals surface area contributed by atoms with E-state index in [1.54, 1.807) is 18.2 Å². The average molecular weight is 483 g/mol. The molecule has 172 valence electrons. The molecule has 11 heteroatoms. The van der Waals surface area contributed by atoms with E-state index in [0.717, 1.165) is 5.56 Å². The van der Waals surface area contributed by atoms with Gasteiger partial charge in [-0.2, -0.15) is 4.31 Å². The van der Waals surface area contributed by atoms with E-state index >= 15 is 0 Å². The summed E-state index contributed by atoms with van der Waals surface area (Å²) in [5, 5.41) is 3.07. The van der Waals surface area contributed by atoms with Crippen molar-refractivity contribution in [1.82, 2.24) is 4.31 Å². The number of ether oxygens (including phenoxy) is 3. The van der Waals surface area contributed by atoms with Gasteiger partial charge in [0.05, 0.1) is 25.9 Å². The van der Waals surface area contributed by atoms with Gasteiger partial charge in [0.1, 0.15) is 10.6 Å². The highest BCUT2D eigenvalue weighted by molar-refractivity contribution is 7.89. The molecule has 2 aromatic carbocycles. The molecule has 2 aromatic rings. The molecule has 3 rings (SSSR count). The van der Waals surface area contributed by atoms with Crippen molar-refractivity contribution in [2.45, 2.75) is 11.8 Å². The molecular weight excluding hydrogens is 460 g/mol. The molecule has 0 radical (unpaired) electrons. The summed E-state index contributed by atoms with van der Waals surface area (Å²) in [4.78, 5) is 24.4. The highest BCUT2D eigenvalue weighted by Crippen LogP contribution is 2.28. The number of anilines is 1. The number of carbonyl (C=O) groups excluding carboxylic acids is 2. The van der Waals surface area contributed by atoms with Crippen LogP contribution >= 0.6 is 11.6 Å². The molecule has 9 nitrogen and oxygen atoms in total. The molecule has 1 amide bonds. The number of esters is 1. The Morgan fingerprint density at radius 1 is 1.16 bits per heavy atom. The lowest BCUT2D eigenvalue weighted by atomic mass is 10.2. The Hall–Kier alpha value is -2.66. The van der Waals surface area contributed by atoms with Gasteiger partial charge in [0.15, 0.2) is 6.61 Å². The lowest BCUT2D eigenvalue weighted by Gasteiger charge is -2.26. The highest BCUT2D eigenvalue weighted by atomic mass is 35.5. The number of hydrogen-bond donors (Lipinski definition) is 1. The van der Waals surface area contributed by atoms with Gasteiger partial charge in [0.2, 0.25) is 10.0 Å². The molecule has 1 N–H and O–H groups in total. The molecule has 1 aliphatic rings. The molecule has 1 fully saturated rings. The fourth-order valence-electron chi connectivity index (χ4n) is 3.01. The molecule has 0 spiro atoms. The van der Waals surface area contributed by atoms with Crippen LogP contribution in [0.3, 0.4) is 0 Å². The van der Waals surface area contributed by atoms with E-state index < -0.39 is 28.5 Å². The normalized spacial score (nSPS) is 14.6. The number of halogens is 1. The van der Waals surface area contributed by atoms with E-state index in [1.165, 1.54) is 29.6 Å². The molecular formula is C21H23ClN2O7S. The van der Waals surface area contributed by atoms with Gasteiger partial charge in [-0.15, -0.1) is 0 Å². The van der Waals surface area contributed by atoms with Crippen molar-refractivity contribution in [2.24, 2.45) is 0 Å². The lowest BCUT2D eigenvalue weighted by Crippen LogP contribution is -2.40. The predicted molar refractivity (Wildman–Crippen MR) is 118 cm³/mol. The Bertz CT molecular complexity index is 1120. The minimum Gasteiger partial charge on any atom is -0.495 e. The van der Waals surface area contributed by atoms with Crippen LogP contribution in [0.2, 0.25) is 5.02 Å². The van der Waals surface area contributed by atoms with Crippen LogP contribution in [0.1, 0.15) is 15.9 Å². The standard InChI is InChI=1S/C21H23ClN2O7S/c1-14-3-5-16(12-17(14)22)23-20(25)13-31-21(26)15-4-6-18(29-2)19(11-15)32(27,28)24-7-9-30-10-8-24/h3-6,11-12H,7-10,13H2,1-2H3,(H,23,25). The molecule has 0 atom stereocenters. The monoisotopic (exact) mass is 482 g/mol. The van der Waals surface area contributed by atoms with E-state index in [9.17, 15) is 18.0 Å². The van der Waals surface area contributed by atoms with Crippen molar-refractivity contribution >= 4 is 39.2 Å². The van der Waals surface area contributed by atoms with Gasteiger partial charge < -0.3 is 19.5 Å². The van der Waals surface area contributed by atoms with Crippen molar-refractivity contribution in [3.8, 4) is 5.75 Å². The maximum absolute atomic E-state index is 13.0. The zero-order valence-electron chi connectivity index (χ0n) is 17.6. The third-order valence-corrected chi connectivity index (χ3v) is 7.10. The third kappa shape index (κ3) is 5.57. The number of carbonyl (C=O) groups is 2. The topological polar surface area (TPSA) is 111 Å². The number of benzene rings is 2. The molecule has 1 aliphatic heterocycles. The second kappa shape index (κ2) is 10.3. The summed E-state index contributed by atoms with van der Waals surface area (Å²) >= 11 is 6.03. The Morgan fingerprint density at radius 2 is 1.88 bits per heavy atom. The number of methoxy groups -OCH3 is 1. The van der Waals surface area contributed by atoms with Crippen LogP contribution in [-0.4, -0.2) is 64.6 Å². The van der Waals surface area contributed by atoms with Crippen molar-refractivity contribution in [1.29, 1.82) is 0 Å². The summed E-state index contributed by atoms with van der Waals surface area (Å²) in [5.41, 5.74) is 1.30. The van der Waals surface area contributed by atoms with Crippen molar-refractivity contribution in [2.75, 3.05) is 45.3 Å². The first-order chi connectivity index (χ1) is 15.2. The van der Waals surface area contributed by atoms with Gasteiger partial charge in [-0.05, 0) is 42.8 Å². The minimum absolute atomic E-state index is 0.0242. The van der Waals surface area contributed by atoms with Crippen LogP contribution in [-0.2, 0) is 24.3 Å². The minimum atomic E-state index is -3.91. The smallest absolute Gasteiger partial charge is 0.338 e. The largest absolute Gasteiger partial charge is 0.495 e. The fraction of sp³-hybridized carbons (Fsp3) is 0.333. The number of aryl methyl sites for hydroxylation is 1. The summed E-state index contributed by atoms with van der Waals surface area (Å²) in [6.07, 6.45) is 0. The SMILES string of the molecule is COc1ccc(C(=O)OCC(=O)Nc2ccc(C)c(Cl)c2)cc1S(=O)(=O)N1CCOCC1. The Morgan fingerprint density at radius 3 is 2.53 bits per heavy atom. The maximum atomic E-state index is 13.0. The molecule has 0 aliphatic carbocycles. The number of sulfonamides is 1. The number of amides is 1. The van der Waals surface area contributed by atoms with E-state index in [1.807, 2.05) is 6.92 Å². The van der Waals surface area contributed by atoms with Gasteiger partial charge in [-0.25, -0.2) is 13.2 Å². The zero-order valence-corrected chi connectivity index (χ0v) is 19.2. The van der Waals surface area contributed by atoms with Crippen LogP contribution in [0.5, 0.6) is 5.75 Å². The van der Waals surface area contributed by atoms with Gasteiger partial charge in [0, 0.05) is 23.8 Å². The number of morpholine rings is 1. The molecule has 1 heterocycles. The van der Waals surface area contributed by atoms with Crippen LogP contribution in [0.4, 0.5) is 5.69 Å². The lowest BCUT2D eigenvalue weighted by molar-refractivity contribution is -0.119. The zero-order chi connectivity index (χ0) is 23.3. The van der Waals surface area contributed by atoms with E-state index in [-0.39, 0.29) is 42.5 Å². The Kier molecular flexibility index (Phi) is 7.73.